The highest BCUT2D eigenvalue weighted by Gasteiger charge is 2.16. The molecule has 0 saturated heterocycles. The molecule has 0 atom stereocenters. The molecule has 22 heavy (non-hydrogen) atoms. The van der Waals surface area contributed by atoms with Gasteiger partial charge in [-0.25, -0.2) is 4.79 Å². The monoisotopic (exact) mass is 315 g/mol. The molecule has 2 rings (SSSR count). The summed E-state index contributed by atoms with van der Waals surface area (Å²) in [6.45, 7) is 4.03. The largest absolute Gasteiger partial charge is 0.331 e. The second-order valence-corrected chi connectivity index (χ2v) is 6.18. The first kappa shape index (κ1) is 16.1. The standard InChI is InChI=1S/C16H17N3O2S/c1-10-5-6-11(2)12(7-10)9-22-15-13(8-17)14(20)18(3)16(21)19(15)4/h5-7H,9H2,1-4H3. The second kappa shape index (κ2) is 6.24. The third kappa shape index (κ3) is 2.85. The second-order valence-electron chi connectivity index (χ2n) is 5.22. The van der Waals surface area contributed by atoms with Crippen LogP contribution in [-0.2, 0) is 19.8 Å². The zero-order valence-electron chi connectivity index (χ0n) is 13.0. The number of thioether (sulfide) groups is 1. The lowest BCUT2D eigenvalue weighted by molar-refractivity contribution is 0.631. The molecule has 1 heterocycles. The molecule has 0 unspecified atom stereocenters. The van der Waals surface area contributed by atoms with Crippen molar-refractivity contribution in [3.63, 3.8) is 0 Å². The van der Waals surface area contributed by atoms with Crippen LogP contribution in [-0.4, -0.2) is 9.13 Å². The molecule has 0 radical (unpaired) electrons. The number of aryl methyl sites for hydroxylation is 2. The minimum atomic E-state index is -0.547. The molecule has 1 aromatic heterocycles. The van der Waals surface area contributed by atoms with Crippen molar-refractivity contribution < 1.29 is 0 Å². The molecule has 0 aliphatic heterocycles. The fraction of sp³-hybridized carbons (Fsp3) is 0.312. The van der Waals surface area contributed by atoms with Crippen LogP contribution in [0.3, 0.4) is 0 Å². The van der Waals surface area contributed by atoms with Gasteiger partial charge in [-0.15, -0.1) is 11.8 Å². The van der Waals surface area contributed by atoms with E-state index in [1.165, 1.54) is 23.4 Å². The Labute approximate surface area is 132 Å². The first-order valence-electron chi connectivity index (χ1n) is 6.76. The van der Waals surface area contributed by atoms with E-state index >= 15 is 0 Å². The Balaban J connectivity index is 2.47. The highest BCUT2D eigenvalue weighted by Crippen LogP contribution is 2.25. The normalized spacial score (nSPS) is 10.5. The van der Waals surface area contributed by atoms with Gasteiger partial charge < -0.3 is 0 Å². The van der Waals surface area contributed by atoms with Gasteiger partial charge in [0.1, 0.15) is 16.7 Å². The van der Waals surface area contributed by atoms with Crippen LogP contribution in [0, 0.1) is 25.2 Å². The number of aromatic nitrogens is 2. The molecule has 0 aliphatic rings. The number of nitrogens with zero attached hydrogens (tertiary/aromatic N) is 3. The molecule has 0 spiro atoms. The zero-order chi connectivity index (χ0) is 16.4. The average Bonchev–Trinajstić information content (AvgIpc) is 2.50. The number of hydrogen-bond acceptors (Lipinski definition) is 4. The van der Waals surface area contributed by atoms with Crippen LogP contribution in [0.4, 0.5) is 0 Å². The number of rotatable bonds is 3. The first-order chi connectivity index (χ1) is 10.4. The number of nitriles is 1. The third-order valence-electron chi connectivity index (χ3n) is 3.59. The summed E-state index contributed by atoms with van der Waals surface area (Å²) in [4.78, 5) is 24.1. The summed E-state index contributed by atoms with van der Waals surface area (Å²) < 4.78 is 2.32. The molecular weight excluding hydrogens is 298 g/mol. The van der Waals surface area contributed by atoms with E-state index in [9.17, 15) is 14.9 Å². The number of hydrogen-bond donors (Lipinski definition) is 0. The number of benzene rings is 1. The van der Waals surface area contributed by atoms with Gasteiger partial charge in [-0.1, -0.05) is 23.8 Å². The van der Waals surface area contributed by atoms with E-state index in [1.807, 2.05) is 32.0 Å². The van der Waals surface area contributed by atoms with Crippen LogP contribution < -0.4 is 11.2 Å². The van der Waals surface area contributed by atoms with Gasteiger partial charge >= 0.3 is 5.69 Å². The minimum Gasteiger partial charge on any atom is -0.290 e. The van der Waals surface area contributed by atoms with E-state index in [-0.39, 0.29) is 5.56 Å². The van der Waals surface area contributed by atoms with Gasteiger partial charge in [0.05, 0.1) is 0 Å². The van der Waals surface area contributed by atoms with Crippen molar-refractivity contribution in [3.8, 4) is 6.07 Å². The van der Waals surface area contributed by atoms with Gasteiger partial charge in [0, 0.05) is 19.8 Å². The molecule has 2 aromatic rings. The summed E-state index contributed by atoms with van der Waals surface area (Å²) in [7, 11) is 2.96. The Bertz CT molecular complexity index is 888. The van der Waals surface area contributed by atoms with Gasteiger partial charge in [0.15, 0.2) is 0 Å². The maximum absolute atomic E-state index is 12.0. The minimum absolute atomic E-state index is 0.0138. The van der Waals surface area contributed by atoms with Crippen LogP contribution in [0.2, 0.25) is 0 Å². The fourth-order valence-electron chi connectivity index (χ4n) is 2.19. The maximum Gasteiger partial charge on any atom is 0.331 e. The molecule has 1 aromatic carbocycles. The SMILES string of the molecule is Cc1ccc(C)c(CSc2c(C#N)c(=O)n(C)c(=O)n2C)c1. The van der Waals surface area contributed by atoms with Gasteiger partial charge in [-0.3, -0.25) is 13.9 Å². The molecule has 0 N–H and O–H groups in total. The summed E-state index contributed by atoms with van der Waals surface area (Å²) in [6, 6.07) is 8.08. The van der Waals surface area contributed by atoms with Gasteiger partial charge in [-0.2, -0.15) is 5.26 Å². The van der Waals surface area contributed by atoms with Gasteiger partial charge in [0.25, 0.3) is 5.56 Å². The van der Waals surface area contributed by atoms with E-state index < -0.39 is 11.2 Å². The zero-order valence-corrected chi connectivity index (χ0v) is 13.8. The molecule has 0 saturated carbocycles. The van der Waals surface area contributed by atoms with Crippen LogP contribution in [0.1, 0.15) is 22.3 Å². The summed E-state index contributed by atoms with van der Waals surface area (Å²) in [5.41, 5.74) is 2.47. The Morgan fingerprint density at radius 1 is 1.18 bits per heavy atom. The van der Waals surface area contributed by atoms with Crippen LogP contribution >= 0.6 is 11.8 Å². The molecule has 0 bridgehead atoms. The van der Waals surface area contributed by atoms with Crippen molar-refractivity contribution in [2.45, 2.75) is 24.6 Å². The predicted octanol–water partition coefficient (Wildman–Crippen LogP) is 1.86. The third-order valence-corrected chi connectivity index (χ3v) is 4.80. The molecular formula is C16H17N3O2S. The quantitative estimate of drug-likeness (QED) is 0.640. The predicted molar refractivity (Wildman–Crippen MR) is 87.1 cm³/mol. The topological polar surface area (TPSA) is 67.8 Å². The van der Waals surface area contributed by atoms with Crippen molar-refractivity contribution >= 4 is 11.8 Å². The van der Waals surface area contributed by atoms with Crippen molar-refractivity contribution in [1.82, 2.24) is 9.13 Å². The molecule has 5 nitrogen and oxygen atoms in total. The first-order valence-corrected chi connectivity index (χ1v) is 7.74. The van der Waals surface area contributed by atoms with E-state index in [2.05, 4.69) is 6.07 Å². The Morgan fingerprint density at radius 2 is 1.86 bits per heavy atom. The van der Waals surface area contributed by atoms with E-state index in [0.717, 1.165) is 21.3 Å². The lowest BCUT2D eigenvalue weighted by atomic mass is 10.1. The highest BCUT2D eigenvalue weighted by molar-refractivity contribution is 7.98. The van der Waals surface area contributed by atoms with Crippen LogP contribution in [0.25, 0.3) is 0 Å². The Morgan fingerprint density at radius 3 is 2.50 bits per heavy atom. The van der Waals surface area contributed by atoms with E-state index in [1.54, 1.807) is 7.05 Å². The Kier molecular flexibility index (Phi) is 4.57. The van der Waals surface area contributed by atoms with Crippen molar-refractivity contribution in [3.05, 3.63) is 61.3 Å². The van der Waals surface area contributed by atoms with Gasteiger partial charge in [-0.05, 0) is 25.0 Å². The van der Waals surface area contributed by atoms with E-state index in [0.29, 0.717) is 10.8 Å². The fourth-order valence-corrected chi connectivity index (χ4v) is 3.34. The van der Waals surface area contributed by atoms with E-state index in [4.69, 9.17) is 0 Å². The summed E-state index contributed by atoms with van der Waals surface area (Å²) in [5.74, 6) is 0.600. The van der Waals surface area contributed by atoms with Crippen molar-refractivity contribution in [2.24, 2.45) is 14.1 Å². The summed E-state index contributed by atoms with van der Waals surface area (Å²) in [6.07, 6.45) is 0. The lowest BCUT2D eigenvalue weighted by Crippen LogP contribution is -2.39. The lowest BCUT2D eigenvalue weighted by Gasteiger charge is -2.12. The molecule has 0 fully saturated rings. The molecule has 0 amide bonds. The van der Waals surface area contributed by atoms with Crippen LogP contribution in [0.15, 0.2) is 32.8 Å². The van der Waals surface area contributed by atoms with Gasteiger partial charge in [0.2, 0.25) is 0 Å². The van der Waals surface area contributed by atoms with Crippen molar-refractivity contribution in [2.75, 3.05) is 0 Å². The molecule has 0 aliphatic carbocycles. The summed E-state index contributed by atoms with van der Waals surface area (Å²) in [5, 5.41) is 9.66. The average molecular weight is 315 g/mol. The van der Waals surface area contributed by atoms with Crippen LogP contribution in [0.5, 0.6) is 0 Å². The maximum atomic E-state index is 12.0. The smallest absolute Gasteiger partial charge is 0.290 e. The highest BCUT2D eigenvalue weighted by atomic mass is 32.2. The molecule has 6 heteroatoms. The summed E-state index contributed by atoms with van der Waals surface area (Å²) >= 11 is 1.34. The Hall–Kier alpha value is -2.26. The molecule has 114 valence electrons. The van der Waals surface area contributed by atoms with Crippen molar-refractivity contribution in [1.29, 1.82) is 5.26 Å².